The fourth-order valence-electron chi connectivity index (χ4n) is 1.77. The lowest BCUT2D eigenvalue weighted by molar-refractivity contribution is -0.136. The van der Waals surface area contributed by atoms with Crippen LogP contribution in [0.15, 0.2) is 0 Å². The molecule has 0 radical (unpaired) electrons. The lowest BCUT2D eigenvalue weighted by Crippen LogP contribution is -2.43. The van der Waals surface area contributed by atoms with Gasteiger partial charge in [-0.3, -0.25) is 4.79 Å². The van der Waals surface area contributed by atoms with Gasteiger partial charge >= 0.3 is 0 Å². The fraction of sp³-hybridized carbons (Fsp3) is 0.900. The normalized spacial score (nSPS) is 32.8. The molecule has 1 amide bonds. The second-order valence-corrected chi connectivity index (χ2v) is 4.88. The van der Waals surface area contributed by atoms with E-state index in [0.29, 0.717) is 12.0 Å². The van der Waals surface area contributed by atoms with Gasteiger partial charge in [-0.1, -0.05) is 0 Å². The average molecular weight is 183 g/mol. The molecular formula is C10H17NO2. The van der Waals surface area contributed by atoms with Gasteiger partial charge in [0.1, 0.15) is 5.60 Å². The Morgan fingerprint density at radius 1 is 1.46 bits per heavy atom. The first kappa shape index (κ1) is 9.00. The van der Waals surface area contributed by atoms with Crippen molar-refractivity contribution >= 4 is 5.91 Å². The maximum atomic E-state index is 11.3. The minimum atomic E-state index is -1.23. The van der Waals surface area contributed by atoms with Gasteiger partial charge < -0.3 is 10.4 Å². The minimum Gasteiger partial charge on any atom is -0.381 e. The average Bonchev–Trinajstić information content (AvgIpc) is 2.77. The van der Waals surface area contributed by atoms with Gasteiger partial charge in [0.2, 0.25) is 0 Å². The highest BCUT2D eigenvalue weighted by Crippen LogP contribution is 2.50. The van der Waals surface area contributed by atoms with Crippen molar-refractivity contribution in [2.75, 3.05) is 0 Å². The molecule has 74 valence electrons. The van der Waals surface area contributed by atoms with Crippen LogP contribution < -0.4 is 5.32 Å². The van der Waals surface area contributed by atoms with Gasteiger partial charge in [-0.25, -0.2) is 0 Å². The molecule has 2 fully saturated rings. The minimum absolute atomic E-state index is 0.236. The lowest BCUT2D eigenvalue weighted by atomic mass is 10.1. The smallest absolute Gasteiger partial charge is 0.251 e. The second kappa shape index (κ2) is 2.71. The Morgan fingerprint density at radius 2 is 2.08 bits per heavy atom. The van der Waals surface area contributed by atoms with Gasteiger partial charge in [0.25, 0.3) is 5.91 Å². The number of rotatable bonds is 3. The van der Waals surface area contributed by atoms with E-state index in [9.17, 15) is 9.90 Å². The quantitative estimate of drug-likeness (QED) is 0.675. The summed E-state index contributed by atoms with van der Waals surface area (Å²) in [6, 6.07) is 0.353. The van der Waals surface area contributed by atoms with E-state index >= 15 is 0 Å². The zero-order valence-corrected chi connectivity index (χ0v) is 8.21. The molecule has 2 aliphatic carbocycles. The summed E-state index contributed by atoms with van der Waals surface area (Å²) in [5.41, 5.74) is -1.23. The first-order chi connectivity index (χ1) is 5.98. The third kappa shape index (κ3) is 2.02. The first-order valence-corrected chi connectivity index (χ1v) is 5.02. The summed E-state index contributed by atoms with van der Waals surface area (Å²) < 4.78 is 0. The third-order valence-electron chi connectivity index (χ3n) is 2.94. The van der Waals surface area contributed by atoms with Gasteiger partial charge in [-0.05, 0) is 44.9 Å². The van der Waals surface area contributed by atoms with Gasteiger partial charge in [-0.2, -0.15) is 0 Å². The molecule has 0 aromatic heterocycles. The zero-order chi connectivity index (χ0) is 9.64. The molecule has 2 rings (SSSR count). The summed E-state index contributed by atoms with van der Waals surface area (Å²) in [5.74, 6) is 1.35. The highest BCUT2D eigenvalue weighted by atomic mass is 16.3. The highest BCUT2D eigenvalue weighted by molar-refractivity contribution is 5.84. The second-order valence-electron chi connectivity index (χ2n) is 4.88. The molecule has 0 aliphatic heterocycles. The molecule has 2 atom stereocenters. The van der Waals surface area contributed by atoms with E-state index in [1.165, 1.54) is 26.7 Å². The molecule has 0 aromatic carbocycles. The summed E-state index contributed by atoms with van der Waals surface area (Å²) in [4.78, 5) is 11.3. The summed E-state index contributed by atoms with van der Waals surface area (Å²) in [7, 11) is 0. The Bertz CT molecular complexity index is 228. The molecule has 3 heteroatoms. The van der Waals surface area contributed by atoms with Crippen molar-refractivity contribution in [1.82, 2.24) is 5.32 Å². The molecule has 0 aromatic rings. The van der Waals surface area contributed by atoms with E-state index in [-0.39, 0.29) is 5.91 Å². The van der Waals surface area contributed by atoms with E-state index in [1.54, 1.807) is 0 Å². The monoisotopic (exact) mass is 183 g/mol. The van der Waals surface area contributed by atoms with E-state index in [1.807, 2.05) is 0 Å². The molecule has 13 heavy (non-hydrogen) atoms. The predicted octanol–water partition coefficient (Wildman–Crippen LogP) is 0.672. The summed E-state index contributed by atoms with van der Waals surface area (Å²) in [6.45, 7) is 3.05. The maximum absolute atomic E-state index is 11.3. The van der Waals surface area contributed by atoms with E-state index in [0.717, 1.165) is 12.3 Å². The molecule has 0 spiro atoms. The Morgan fingerprint density at radius 3 is 2.54 bits per heavy atom. The van der Waals surface area contributed by atoms with Crippen LogP contribution in [0, 0.1) is 11.8 Å². The van der Waals surface area contributed by atoms with Crippen LogP contribution in [0.1, 0.15) is 33.1 Å². The molecule has 0 saturated heterocycles. The predicted molar refractivity (Wildman–Crippen MR) is 49.1 cm³/mol. The molecule has 2 saturated carbocycles. The van der Waals surface area contributed by atoms with Crippen LogP contribution in [0.5, 0.6) is 0 Å². The van der Waals surface area contributed by atoms with Gasteiger partial charge in [0, 0.05) is 6.04 Å². The van der Waals surface area contributed by atoms with E-state index in [4.69, 9.17) is 0 Å². The summed E-state index contributed by atoms with van der Waals surface area (Å²) >= 11 is 0. The number of amides is 1. The van der Waals surface area contributed by atoms with Crippen LogP contribution >= 0.6 is 0 Å². The molecule has 0 heterocycles. The molecule has 2 N–H and O–H groups in total. The van der Waals surface area contributed by atoms with Crippen molar-refractivity contribution in [1.29, 1.82) is 0 Å². The van der Waals surface area contributed by atoms with Crippen LogP contribution in [-0.2, 0) is 4.79 Å². The van der Waals surface area contributed by atoms with Crippen molar-refractivity contribution < 1.29 is 9.90 Å². The molecule has 0 bridgehead atoms. The number of nitrogens with one attached hydrogen (secondary N) is 1. The summed E-state index contributed by atoms with van der Waals surface area (Å²) in [6.07, 6.45) is 3.78. The SMILES string of the molecule is CC(C)(O)C(=O)N[C@@H]1C[C@H]1C1CC1. The topological polar surface area (TPSA) is 49.3 Å². The Kier molecular flexibility index (Phi) is 1.88. The van der Waals surface area contributed by atoms with Crippen molar-refractivity contribution in [2.45, 2.75) is 44.8 Å². The van der Waals surface area contributed by atoms with Gasteiger partial charge in [0.05, 0.1) is 0 Å². The Balaban J connectivity index is 1.77. The van der Waals surface area contributed by atoms with Crippen molar-refractivity contribution in [3.05, 3.63) is 0 Å². The number of carbonyl (C=O) groups is 1. The van der Waals surface area contributed by atoms with Gasteiger partial charge in [0.15, 0.2) is 0 Å². The molecule has 2 aliphatic rings. The fourth-order valence-corrected chi connectivity index (χ4v) is 1.77. The zero-order valence-electron chi connectivity index (χ0n) is 8.21. The van der Waals surface area contributed by atoms with Gasteiger partial charge in [-0.15, -0.1) is 0 Å². The first-order valence-electron chi connectivity index (χ1n) is 5.02. The lowest BCUT2D eigenvalue weighted by Gasteiger charge is -2.16. The third-order valence-corrected chi connectivity index (χ3v) is 2.94. The highest BCUT2D eigenvalue weighted by Gasteiger charge is 2.48. The van der Waals surface area contributed by atoms with Crippen LogP contribution in [-0.4, -0.2) is 22.7 Å². The molecule has 0 unspecified atom stereocenters. The van der Waals surface area contributed by atoms with Crippen LogP contribution in [0.3, 0.4) is 0 Å². The van der Waals surface area contributed by atoms with Crippen LogP contribution in [0.25, 0.3) is 0 Å². The number of hydrogen-bond acceptors (Lipinski definition) is 2. The largest absolute Gasteiger partial charge is 0.381 e. The van der Waals surface area contributed by atoms with E-state index in [2.05, 4.69) is 5.32 Å². The maximum Gasteiger partial charge on any atom is 0.251 e. The number of hydrogen-bond donors (Lipinski definition) is 2. The van der Waals surface area contributed by atoms with Crippen molar-refractivity contribution in [3.8, 4) is 0 Å². The van der Waals surface area contributed by atoms with Crippen LogP contribution in [0.2, 0.25) is 0 Å². The van der Waals surface area contributed by atoms with E-state index < -0.39 is 5.60 Å². The van der Waals surface area contributed by atoms with Crippen molar-refractivity contribution in [3.63, 3.8) is 0 Å². The molecule has 3 nitrogen and oxygen atoms in total. The standard InChI is InChI=1S/C10H17NO2/c1-10(2,13)9(12)11-8-5-7(8)6-3-4-6/h6-8,13H,3-5H2,1-2H3,(H,11,12)/t7-,8+/m0/s1. The number of aliphatic hydroxyl groups is 1. The number of carbonyl (C=O) groups excluding carboxylic acids is 1. The van der Waals surface area contributed by atoms with Crippen molar-refractivity contribution in [2.24, 2.45) is 11.8 Å². The molecular weight excluding hydrogens is 166 g/mol. The Hall–Kier alpha value is -0.570. The van der Waals surface area contributed by atoms with Crippen LogP contribution in [0.4, 0.5) is 0 Å². The summed E-state index contributed by atoms with van der Waals surface area (Å²) in [5, 5.41) is 12.3. The Labute approximate surface area is 78.5 Å².